The summed E-state index contributed by atoms with van der Waals surface area (Å²) in [6.45, 7) is 3.79. The van der Waals surface area contributed by atoms with Crippen molar-refractivity contribution in [2.45, 2.75) is 39.0 Å². The Balaban J connectivity index is 1.45. The molecule has 1 aromatic heterocycles. The van der Waals surface area contributed by atoms with Crippen LogP contribution >= 0.6 is 11.3 Å². The van der Waals surface area contributed by atoms with E-state index in [0.717, 1.165) is 44.5 Å². The SMILES string of the molecule is Cc1ccc(CCCC(=O)Nc2ccc(C(=O)N3CCCC3)cc2)s1. The van der Waals surface area contributed by atoms with E-state index in [2.05, 4.69) is 24.4 Å². The minimum absolute atomic E-state index is 0.0203. The Labute approximate surface area is 152 Å². The van der Waals surface area contributed by atoms with Crippen LogP contribution in [0.3, 0.4) is 0 Å². The molecule has 1 aliphatic heterocycles. The summed E-state index contributed by atoms with van der Waals surface area (Å²) >= 11 is 1.79. The molecule has 0 aliphatic carbocycles. The first-order valence-corrected chi connectivity index (χ1v) is 9.68. The Bertz CT molecular complexity index is 730. The molecule has 132 valence electrons. The van der Waals surface area contributed by atoms with Crippen LogP contribution < -0.4 is 5.32 Å². The van der Waals surface area contributed by atoms with E-state index in [1.54, 1.807) is 23.5 Å². The molecular weight excluding hydrogens is 332 g/mol. The van der Waals surface area contributed by atoms with Crippen molar-refractivity contribution in [2.75, 3.05) is 18.4 Å². The molecule has 2 aromatic rings. The molecule has 4 nitrogen and oxygen atoms in total. The zero-order valence-corrected chi connectivity index (χ0v) is 15.4. The summed E-state index contributed by atoms with van der Waals surface area (Å²) in [5.74, 6) is 0.105. The first-order chi connectivity index (χ1) is 12.1. The van der Waals surface area contributed by atoms with Gasteiger partial charge in [-0.25, -0.2) is 0 Å². The Morgan fingerprint density at radius 3 is 2.44 bits per heavy atom. The van der Waals surface area contributed by atoms with Crippen LogP contribution in [-0.2, 0) is 11.2 Å². The highest BCUT2D eigenvalue weighted by Crippen LogP contribution is 2.18. The zero-order valence-electron chi connectivity index (χ0n) is 14.6. The molecule has 0 unspecified atom stereocenters. The van der Waals surface area contributed by atoms with E-state index < -0.39 is 0 Å². The van der Waals surface area contributed by atoms with Crippen molar-refractivity contribution in [1.82, 2.24) is 4.90 Å². The van der Waals surface area contributed by atoms with Crippen LogP contribution in [0.5, 0.6) is 0 Å². The number of aryl methyl sites for hydroxylation is 2. The molecule has 0 radical (unpaired) electrons. The summed E-state index contributed by atoms with van der Waals surface area (Å²) in [4.78, 5) is 28.9. The van der Waals surface area contributed by atoms with Crippen molar-refractivity contribution in [3.05, 3.63) is 51.7 Å². The largest absolute Gasteiger partial charge is 0.339 e. The highest BCUT2D eigenvalue weighted by atomic mass is 32.1. The third-order valence-corrected chi connectivity index (χ3v) is 5.49. The third-order valence-electron chi connectivity index (χ3n) is 4.43. The van der Waals surface area contributed by atoms with Gasteiger partial charge in [0.15, 0.2) is 0 Å². The molecule has 0 saturated carbocycles. The van der Waals surface area contributed by atoms with Crippen molar-refractivity contribution in [2.24, 2.45) is 0 Å². The summed E-state index contributed by atoms with van der Waals surface area (Å²) in [7, 11) is 0. The van der Waals surface area contributed by atoms with Crippen LogP contribution in [-0.4, -0.2) is 29.8 Å². The molecule has 0 bridgehead atoms. The summed E-state index contributed by atoms with van der Waals surface area (Å²) < 4.78 is 0. The highest BCUT2D eigenvalue weighted by Gasteiger charge is 2.19. The number of rotatable bonds is 6. The number of nitrogens with one attached hydrogen (secondary N) is 1. The van der Waals surface area contributed by atoms with Crippen molar-refractivity contribution < 1.29 is 9.59 Å². The van der Waals surface area contributed by atoms with Crippen molar-refractivity contribution in [1.29, 1.82) is 0 Å². The maximum Gasteiger partial charge on any atom is 0.253 e. The molecule has 25 heavy (non-hydrogen) atoms. The second kappa shape index (κ2) is 8.30. The minimum atomic E-state index is 0.0203. The first-order valence-electron chi connectivity index (χ1n) is 8.86. The van der Waals surface area contributed by atoms with Crippen molar-refractivity contribution in [3.8, 4) is 0 Å². The number of carbonyl (C=O) groups excluding carboxylic acids is 2. The fraction of sp³-hybridized carbons (Fsp3) is 0.400. The second-order valence-corrected chi connectivity index (χ2v) is 7.86. The molecule has 1 aliphatic rings. The standard InChI is InChI=1S/C20H24N2O2S/c1-15-7-12-18(25-15)5-4-6-19(23)21-17-10-8-16(9-11-17)20(24)22-13-2-3-14-22/h7-12H,2-6,13-14H2,1H3,(H,21,23). The molecule has 5 heteroatoms. The Morgan fingerprint density at radius 1 is 1.08 bits per heavy atom. The van der Waals surface area contributed by atoms with Gasteiger partial charge in [-0.3, -0.25) is 9.59 Å². The van der Waals surface area contributed by atoms with E-state index in [-0.39, 0.29) is 11.8 Å². The summed E-state index contributed by atoms with van der Waals surface area (Å²) in [5.41, 5.74) is 1.43. The first kappa shape index (κ1) is 17.7. The minimum Gasteiger partial charge on any atom is -0.339 e. The number of anilines is 1. The lowest BCUT2D eigenvalue weighted by Gasteiger charge is -2.15. The molecule has 1 N–H and O–H groups in total. The maximum absolute atomic E-state index is 12.3. The lowest BCUT2D eigenvalue weighted by atomic mass is 10.1. The monoisotopic (exact) mass is 356 g/mol. The molecule has 1 aromatic carbocycles. The maximum atomic E-state index is 12.3. The van der Waals surface area contributed by atoms with E-state index in [0.29, 0.717) is 12.0 Å². The smallest absolute Gasteiger partial charge is 0.253 e. The van der Waals surface area contributed by atoms with Crippen LogP contribution in [0.25, 0.3) is 0 Å². The molecule has 0 atom stereocenters. The molecule has 2 amide bonds. The summed E-state index contributed by atoms with van der Waals surface area (Å²) in [6.07, 6.45) is 4.47. The molecule has 1 saturated heterocycles. The molecule has 2 heterocycles. The Hall–Kier alpha value is -2.14. The predicted molar refractivity (Wildman–Crippen MR) is 102 cm³/mol. The number of benzene rings is 1. The predicted octanol–water partition coefficient (Wildman–Crippen LogP) is 4.25. The number of hydrogen-bond donors (Lipinski definition) is 1. The van der Waals surface area contributed by atoms with E-state index in [9.17, 15) is 9.59 Å². The van der Waals surface area contributed by atoms with Gasteiger partial charge < -0.3 is 10.2 Å². The number of thiophene rings is 1. The van der Waals surface area contributed by atoms with E-state index in [1.165, 1.54) is 9.75 Å². The molecular formula is C20H24N2O2S. The highest BCUT2D eigenvalue weighted by molar-refractivity contribution is 7.11. The van der Waals surface area contributed by atoms with Gasteiger partial charge in [0.25, 0.3) is 5.91 Å². The van der Waals surface area contributed by atoms with Gasteiger partial charge in [0.1, 0.15) is 0 Å². The van der Waals surface area contributed by atoms with E-state index in [1.807, 2.05) is 17.0 Å². The average molecular weight is 356 g/mol. The van der Waals surface area contributed by atoms with Crippen LogP contribution in [0.15, 0.2) is 36.4 Å². The number of hydrogen-bond acceptors (Lipinski definition) is 3. The van der Waals surface area contributed by atoms with Crippen molar-refractivity contribution >= 4 is 28.8 Å². The summed E-state index contributed by atoms with van der Waals surface area (Å²) in [6, 6.07) is 11.5. The molecule has 1 fully saturated rings. The lowest BCUT2D eigenvalue weighted by molar-refractivity contribution is -0.116. The topological polar surface area (TPSA) is 49.4 Å². The fourth-order valence-corrected chi connectivity index (χ4v) is 4.00. The number of carbonyl (C=O) groups is 2. The summed E-state index contributed by atoms with van der Waals surface area (Å²) in [5, 5.41) is 2.91. The van der Waals surface area contributed by atoms with Gasteiger partial charge in [0.05, 0.1) is 0 Å². The molecule has 0 spiro atoms. The van der Waals surface area contributed by atoms with Crippen LogP contribution in [0.1, 0.15) is 45.8 Å². The van der Waals surface area contributed by atoms with Gasteiger partial charge in [-0.05, 0) is 69.0 Å². The van der Waals surface area contributed by atoms with Crippen LogP contribution in [0, 0.1) is 6.92 Å². The van der Waals surface area contributed by atoms with Crippen LogP contribution in [0.4, 0.5) is 5.69 Å². The van der Waals surface area contributed by atoms with E-state index in [4.69, 9.17) is 0 Å². The van der Waals surface area contributed by atoms with Gasteiger partial charge in [-0.15, -0.1) is 11.3 Å². The lowest BCUT2D eigenvalue weighted by Crippen LogP contribution is -2.27. The Morgan fingerprint density at radius 2 is 1.80 bits per heavy atom. The third kappa shape index (κ3) is 4.92. The van der Waals surface area contributed by atoms with Gasteiger partial charge in [-0.2, -0.15) is 0 Å². The van der Waals surface area contributed by atoms with Gasteiger partial charge in [0.2, 0.25) is 5.91 Å². The van der Waals surface area contributed by atoms with E-state index >= 15 is 0 Å². The quantitative estimate of drug-likeness (QED) is 0.841. The number of nitrogens with zero attached hydrogens (tertiary/aromatic N) is 1. The van der Waals surface area contributed by atoms with Gasteiger partial charge in [-0.1, -0.05) is 0 Å². The average Bonchev–Trinajstić information content (AvgIpc) is 3.27. The van der Waals surface area contributed by atoms with Crippen LogP contribution in [0.2, 0.25) is 0 Å². The van der Waals surface area contributed by atoms with Gasteiger partial charge >= 0.3 is 0 Å². The Kier molecular flexibility index (Phi) is 5.87. The molecule has 3 rings (SSSR count). The van der Waals surface area contributed by atoms with Gasteiger partial charge in [0, 0.05) is 40.5 Å². The van der Waals surface area contributed by atoms with Crippen molar-refractivity contribution in [3.63, 3.8) is 0 Å². The number of likely N-dealkylation sites (tertiary alicyclic amines) is 1. The number of amides is 2. The normalized spacial score (nSPS) is 13.9. The second-order valence-electron chi connectivity index (χ2n) is 6.49. The zero-order chi connectivity index (χ0) is 17.6. The fourth-order valence-electron chi connectivity index (χ4n) is 3.07.